The molecule has 5 heteroatoms. The first-order chi connectivity index (χ1) is 15.1. The van der Waals surface area contributed by atoms with Crippen LogP contribution in [0.4, 0.5) is 0 Å². The van der Waals surface area contributed by atoms with Crippen molar-refractivity contribution in [3.63, 3.8) is 0 Å². The van der Waals surface area contributed by atoms with Gasteiger partial charge in [-0.05, 0) is 35.2 Å². The van der Waals surface area contributed by atoms with Gasteiger partial charge in [0.05, 0.1) is 13.2 Å². The highest BCUT2D eigenvalue weighted by Gasteiger charge is 2.08. The average Bonchev–Trinajstić information content (AvgIpc) is 2.79. The molecule has 0 aliphatic rings. The van der Waals surface area contributed by atoms with Gasteiger partial charge in [0.2, 0.25) is 5.91 Å². The highest BCUT2D eigenvalue weighted by atomic mass is 16.5. The monoisotopic (exact) mass is 416 g/mol. The van der Waals surface area contributed by atoms with E-state index in [2.05, 4.69) is 10.6 Å². The molecular weight excluding hydrogens is 388 g/mol. The summed E-state index contributed by atoms with van der Waals surface area (Å²) >= 11 is 0. The zero-order valence-corrected chi connectivity index (χ0v) is 17.8. The van der Waals surface area contributed by atoms with Crippen molar-refractivity contribution in [3.8, 4) is 0 Å². The van der Waals surface area contributed by atoms with Crippen LogP contribution in [-0.2, 0) is 29.3 Å². The molecule has 5 nitrogen and oxygen atoms in total. The fourth-order valence-electron chi connectivity index (χ4n) is 3.19. The number of hydrogen-bond acceptors (Lipinski definition) is 3. The quantitative estimate of drug-likeness (QED) is 0.522. The van der Waals surface area contributed by atoms with Gasteiger partial charge >= 0.3 is 0 Å². The SMILES string of the molecule is Cc1ccccc1C(=O)NCCC(=O)NCc1cccc(COCc2ccccc2)c1. The number of carbonyl (C=O) groups excluding carboxylic acids is 2. The molecule has 3 rings (SSSR count). The van der Waals surface area contributed by atoms with Crippen LogP contribution < -0.4 is 10.6 Å². The Morgan fingerprint density at radius 3 is 2.26 bits per heavy atom. The Labute approximate surface area is 183 Å². The maximum Gasteiger partial charge on any atom is 0.251 e. The number of hydrogen-bond donors (Lipinski definition) is 2. The maximum absolute atomic E-state index is 12.2. The molecule has 31 heavy (non-hydrogen) atoms. The van der Waals surface area contributed by atoms with Crippen molar-refractivity contribution in [1.29, 1.82) is 0 Å². The summed E-state index contributed by atoms with van der Waals surface area (Å²) in [6.45, 7) is 3.71. The molecule has 3 aromatic carbocycles. The van der Waals surface area contributed by atoms with Crippen LogP contribution in [0.15, 0.2) is 78.9 Å². The van der Waals surface area contributed by atoms with Crippen LogP contribution in [0.25, 0.3) is 0 Å². The van der Waals surface area contributed by atoms with Gasteiger partial charge < -0.3 is 15.4 Å². The molecule has 0 spiro atoms. The van der Waals surface area contributed by atoms with Gasteiger partial charge in [-0.3, -0.25) is 9.59 Å². The third-order valence-electron chi connectivity index (χ3n) is 4.89. The zero-order valence-electron chi connectivity index (χ0n) is 17.8. The van der Waals surface area contributed by atoms with Crippen molar-refractivity contribution in [2.45, 2.75) is 33.1 Å². The fourth-order valence-corrected chi connectivity index (χ4v) is 3.19. The van der Waals surface area contributed by atoms with Gasteiger partial charge in [0.1, 0.15) is 0 Å². The standard InChI is InChI=1S/C26H28N2O3/c1-20-8-5-6-13-24(20)26(30)27-15-14-25(29)28-17-22-11-7-12-23(16-22)19-31-18-21-9-3-2-4-10-21/h2-13,16H,14-15,17-19H2,1H3,(H,27,30)(H,28,29). The summed E-state index contributed by atoms with van der Waals surface area (Å²) < 4.78 is 5.78. The smallest absolute Gasteiger partial charge is 0.251 e. The fraction of sp³-hybridized carbons (Fsp3) is 0.231. The van der Waals surface area contributed by atoms with Crippen LogP contribution in [0.3, 0.4) is 0 Å². The molecule has 0 unspecified atom stereocenters. The lowest BCUT2D eigenvalue weighted by Gasteiger charge is -2.09. The van der Waals surface area contributed by atoms with E-state index >= 15 is 0 Å². The Hall–Kier alpha value is -3.44. The van der Waals surface area contributed by atoms with E-state index in [0.717, 1.165) is 22.3 Å². The van der Waals surface area contributed by atoms with E-state index < -0.39 is 0 Å². The predicted octanol–water partition coefficient (Wildman–Crippen LogP) is 4.15. The number of carbonyl (C=O) groups is 2. The summed E-state index contributed by atoms with van der Waals surface area (Å²) in [6, 6.07) is 25.4. The molecule has 0 atom stereocenters. The number of aryl methyl sites for hydroxylation is 1. The molecule has 0 saturated heterocycles. The Balaban J connectivity index is 1.37. The van der Waals surface area contributed by atoms with Gasteiger partial charge in [-0.25, -0.2) is 0 Å². The summed E-state index contributed by atoms with van der Waals surface area (Å²) in [6.07, 6.45) is 0.234. The second-order valence-corrected chi connectivity index (χ2v) is 7.40. The van der Waals surface area contributed by atoms with Gasteiger partial charge in [-0.15, -0.1) is 0 Å². The van der Waals surface area contributed by atoms with Gasteiger partial charge in [0, 0.05) is 25.1 Å². The lowest BCUT2D eigenvalue weighted by Crippen LogP contribution is -2.30. The van der Waals surface area contributed by atoms with Crippen molar-refractivity contribution in [2.24, 2.45) is 0 Å². The summed E-state index contributed by atoms with van der Waals surface area (Å²) in [7, 11) is 0. The van der Waals surface area contributed by atoms with Crippen LogP contribution in [0, 0.1) is 6.92 Å². The van der Waals surface area contributed by atoms with Gasteiger partial charge in [0.25, 0.3) is 5.91 Å². The highest BCUT2D eigenvalue weighted by Crippen LogP contribution is 2.09. The zero-order chi connectivity index (χ0) is 21.9. The maximum atomic E-state index is 12.2. The van der Waals surface area contributed by atoms with Crippen LogP contribution in [0.5, 0.6) is 0 Å². The minimum Gasteiger partial charge on any atom is -0.372 e. The number of amides is 2. The Morgan fingerprint density at radius 1 is 0.774 bits per heavy atom. The molecule has 0 heterocycles. The highest BCUT2D eigenvalue weighted by molar-refractivity contribution is 5.95. The largest absolute Gasteiger partial charge is 0.372 e. The minimum atomic E-state index is -0.158. The molecule has 0 aliphatic heterocycles. The van der Waals surface area contributed by atoms with Crippen molar-refractivity contribution in [3.05, 3.63) is 107 Å². The average molecular weight is 417 g/mol. The normalized spacial score (nSPS) is 10.5. The van der Waals surface area contributed by atoms with E-state index in [-0.39, 0.29) is 18.2 Å². The Kier molecular flexibility index (Phi) is 8.38. The molecule has 0 fully saturated rings. The first-order valence-corrected chi connectivity index (χ1v) is 10.4. The van der Waals surface area contributed by atoms with Gasteiger partial charge in [-0.2, -0.15) is 0 Å². The first-order valence-electron chi connectivity index (χ1n) is 10.4. The number of rotatable bonds is 10. The summed E-state index contributed by atoms with van der Waals surface area (Å²) in [4.78, 5) is 24.3. The molecule has 0 radical (unpaired) electrons. The molecular formula is C26H28N2O3. The van der Waals surface area contributed by atoms with E-state index in [1.165, 1.54) is 0 Å². The summed E-state index contributed by atoms with van der Waals surface area (Å²) in [5, 5.41) is 5.70. The molecule has 0 saturated carbocycles. The second kappa shape index (κ2) is 11.7. The Bertz CT molecular complexity index is 1000. The number of nitrogens with one attached hydrogen (secondary N) is 2. The molecule has 2 N–H and O–H groups in total. The summed E-state index contributed by atoms with van der Waals surface area (Å²) in [5.41, 5.74) is 4.76. The van der Waals surface area contributed by atoms with Gasteiger partial charge in [-0.1, -0.05) is 72.8 Å². The summed E-state index contributed by atoms with van der Waals surface area (Å²) in [5.74, 6) is -0.259. The first kappa shape index (κ1) is 22.2. The predicted molar refractivity (Wildman–Crippen MR) is 121 cm³/mol. The topological polar surface area (TPSA) is 67.4 Å². The van der Waals surface area contributed by atoms with E-state index in [9.17, 15) is 9.59 Å². The molecule has 0 aromatic heterocycles. The third kappa shape index (κ3) is 7.39. The molecule has 160 valence electrons. The van der Waals surface area contributed by atoms with Crippen molar-refractivity contribution in [1.82, 2.24) is 10.6 Å². The number of benzene rings is 3. The lowest BCUT2D eigenvalue weighted by atomic mass is 10.1. The van der Waals surface area contributed by atoms with E-state index in [4.69, 9.17) is 4.74 Å². The van der Waals surface area contributed by atoms with E-state index in [0.29, 0.717) is 31.9 Å². The Morgan fingerprint density at radius 2 is 1.45 bits per heavy atom. The molecule has 0 aliphatic carbocycles. The van der Waals surface area contributed by atoms with Crippen molar-refractivity contribution >= 4 is 11.8 Å². The van der Waals surface area contributed by atoms with E-state index in [1.54, 1.807) is 6.07 Å². The van der Waals surface area contributed by atoms with Crippen LogP contribution in [-0.4, -0.2) is 18.4 Å². The van der Waals surface area contributed by atoms with Gasteiger partial charge in [0.15, 0.2) is 0 Å². The number of ether oxygens (including phenoxy) is 1. The van der Waals surface area contributed by atoms with Crippen molar-refractivity contribution < 1.29 is 14.3 Å². The third-order valence-corrected chi connectivity index (χ3v) is 4.89. The molecule has 2 amide bonds. The van der Waals surface area contributed by atoms with Crippen molar-refractivity contribution in [2.75, 3.05) is 6.54 Å². The minimum absolute atomic E-state index is 0.101. The van der Waals surface area contributed by atoms with Crippen LogP contribution in [0.2, 0.25) is 0 Å². The second-order valence-electron chi connectivity index (χ2n) is 7.40. The van der Waals surface area contributed by atoms with E-state index in [1.807, 2.05) is 79.7 Å². The van der Waals surface area contributed by atoms with Crippen LogP contribution in [0.1, 0.15) is 39.0 Å². The van der Waals surface area contributed by atoms with Crippen LogP contribution >= 0.6 is 0 Å². The lowest BCUT2D eigenvalue weighted by molar-refractivity contribution is -0.121. The molecule has 0 bridgehead atoms. The molecule has 3 aromatic rings.